The molecule has 1 aromatic carbocycles. The largest absolute Gasteiger partial charge is 0.370 e. The van der Waals surface area contributed by atoms with E-state index in [0.717, 1.165) is 57.8 Å². The van der Waals surface area contributed by atoms with Gasteiger partial charge in [-0.05, 0) is 57.2 Å². The number of carbonyl (C=O) groups is 2. The Kier molecular flexibility index (Phi) is 8.37. The van der Waals surface area contributed by atoms with E-state index in [-0.39, 0.29) is 11.8 Å². The van der Waals surface area contributed by atoms with Crippen molar-refractivity contribution in [2.24, 2.45) is 4.99 Å². The van der Waals surface area contributed by atoms with Gasteiger partial charge in [-0.3, -0.25) is 14.6 Å². The fraction of sp³-hybridized carbons (Fsp3) is 0.536. The second kappa shape index (κ2) is 12.1. The number of nitrogens with zero attached hydrogens (tertiary/aromatic N) is 7. The van der Waals surface area contributed by atoms with Crippen LogP contribution >= 0.6 is 0 Å². The van der Waals surface area contributed by atoms with Gasteiger partial charge in [0.2, 0.25) is 11.8 Å². The lowest BCUT2D eigenvalue weighted by Gasteiger charge is -2.35. The zero-order valence-electron chi connectivity index (χ0n) is 23.2. The number of hydrogen-bond donors (Lipinski definition) is 2. The van der Waals surface area contributed by atoms with Crippen molar-refractivity contribution in [1.29, 1.82) is 0 Å². The van der Waals surface area contributed by atoms with E-state index in [4.69, 9.17) is 4.99 Å². The van der Waals surface area contributed by atoms with Gasteiger partial charge >= 0.3 is 0 Å². The van der Waals surface area contributed by atoms with Gasteiger partial charge in [0.1, 0.15) is 23.9 Å². The van der Waals surface area contributed by atoms with Gasteiger partial charge in [-0.1, -0.05) is 0 Å². The number of fused-ring (bicyclic) bond motifs is 2. The number of amides is 2. The molecule has 1 saturated heterocycles. The summed E-state index contributed by atoms with van der Waals surface area (Å²) in [6, 6.07) is 6.31. The summed E-state index contributed by atoms with van der Waals surface area (Å²) in [6.07, 6.45) is 5.25. The quantitative estimate of drug-likeness (QED) is 0.574. The average Bonchev–Trinajstić information content (AvgIpc) is 3.25. The molecule has 2 bridgehead atoms. The molecule has 0 aliphatic carbocycles. The highest BCUT2D eigenvalue weighted by atomic mass is 16.2. The van der Waals surface area contributed by atoms with Gasteiger partial charge in [0, 0.05) is 71.2 Å². The lowest BCUT2D eigenvalue weighted by Crippen LogP contribution is -2.45. The summed E-state index contributed by atoms with van der Waals surface area (Å²) in [4.78, 5) is 47.9. The minimum absolute atomic E-state index is 0.160. The van der Waals surface area contributed by atoms with Gasteiger partial charge in [-0.25, -0.2) is 9.97 Å². The molecule has 0 radical (unpaired) electrons. The first-order chi connectivity index (χ1) is 18.9. The molecule has 1 unspecified atom stereocenters. The molecule has 0 saturated carbocycles. The van der Waals surface area contributed by atoms with E-state index in [1.54, 1.807) is 11.1 Å². The smallest absolute Gasteiger partial charge is 0.238 e. The number of rotatable bonds is 1. The zero-order chi connectivity index (χ0) is 27.4. The topological polar surface area (TPSA) is 109 Å². The third-order valence-electron chi connectivity index (χ3n) is 7.76. The number of aliphatic imine (C=N–C) groups is 1. The number of aromatic nitrogens is 2. The number of likely N-dealkylation sites (N-methyl/N-ethyl adjacent to an activating group) is 1. The lowest BCUT2D eigenvalue weighted by atomic mass is 10.0. The maximum atomic E-state index is 12.9. The van der Waals surface area contributed by atoms with Crippen molar-refractivity contribution in [3.63, 3.8) is 0 Å². The number of hydrogen-bond acceptors (Lipinski definition) is 9. The van der Waals surface area contributed by atoms with Crippen LogP contribution in [0.1, 0.15) is 36.3 Å². The summed E-state index contributed by atoms with van der Waals surface area (Å²) < 4.78 is 0. The van der Waals surface area contributed by atoms with Crippen molar-refractivity contribution in [2.75, 3.05) is 82.5 Å². The Morgan fingerprint density at radius 1 is 0.897 bits per heavy atom. The van der Waals surface area contributed by atoms with Crippen LogP contribution in [0, 0.1) is 0 Å². The predicted molar refractivity (Wildman–Crippen MR) is 154 cm³/mol. The van der Waals surface area contributed by atoms with Crippen LogP contribution in [-0.4, -0.2) is 110 Å². The maximum Gasteiger partial charge on any atom is 0.238 e. The van der Waals surface area contributed by atoms with Crippen LogP contribution in [0.2, 0.25) is 0 Å². The van der Waals surface area contributed by atoms with E-state index in [9.17, 15) is 9.59 Å². The summed E-state index contributed by atoms with van der Waals surface area (Å²) in [6.45, 7) is 6.87. The summed E-state index contributed by atoms with van der Waals surface area (Å²) in [5.74, 6) is 0.544. The van der Waals surface area contributed by atoms with Crippen LogP contribution in [0.4, 0.5) is 23.0 Å². The molecule has 11 heteroatoms. The van der Waals surface area contributed by atoms with E-state index in [2.05, 4.69) is 61.5 Å². The van der Waals surface area contributed by atoms with Gasteiger partial charge in [0.15, 0.2) is 0 Å². The Hall–Kier alpha value is -3.57. The molecule has 3 aliphatic rings. The molecule has 1 atom stereocenters. The van der Waals surface area contributed by atoms with Gasteiger partial charge < -0.3 is 30.2 Å². The van der Waals surface area contributed by atoms with E-state index in [1.165, 1.54) is 17.6 Å². The molecule has 3 aliphatic heterocycles. The SMILES string of the molecule is CN1CCN(c2ccc3cc2CN(C)CCCC(=O)N(C)CCCNc2ncnc4c2C(C=N3)C(=O)N4)CC1. The maximum absolute atomic E-state index is 12.9. The highest BCUT2D eigenvalue weighted by Gasteiger charge is 2.33. The van der Waals surface area contributed by atoms with E-state index in [1.807, 2.05) is 13.1 Å². The zero-order valence-corrected chi connectivity index (χ0v) is 23.2. The molecule has 0 spiro atoms. The summed E-state index contributed by atoms with van der Waals surface area (Å²) in [7, 11) is 6.13. The van der Waals surface area contributed by atoms with Crippen molar-refractivity contribution in [2.45, 2.75) is 31.7 Å². The van der Waals surface area contributed by atoms with E-state index in [0.29, 0.717) is 36.7 Å². The summed E-state index contributed by atoms with van der Waals surface area (Å²) in [5.41, 5.74) is 3.93. The summed E-state index contributed by atoms with van der Waals surface area (Å²) >= 11 is 0. The van der Waals surface area contributed by atoms with E-state index >= 15 is 0 Å². The lowest BCUT2D eigenvalue weighted by molar-refractivity contribution is -0.130. The Labute approximate surface area is 230 Å². The first-order valence-corrected chi connectivity index (χ1v) is 13.8. The Bertz CT molecular complexity index is 1230. The third kappa shape index (κ3) is 6.36. The van der Waals surface area contributed by atoms with Crippen LogP contribution < -0.4 is 15.5 Å². The number of anilines is 3. The Morgan fingerprint density at radius 2 is 1.69 bits per heavy atom. The van der Waals surface area contributed by atoms with Crippen molar-refractivity contribution >= 4 is 41.0 Å². The predicted octanol–water partition coefficient (Wildman–Crippen LogP) is 2.15. The molecule has 2 amide bonds. The summed E-state index contributed by atoms with van der Waals surface area (Å²) in [5, 5.41) is 6.21. The first-order valence-electron chi connectivity index (χ1n) is 13.8. The molecule has 2 aromatic rings. The minimum atomic E-state index is -0.585. The molecule has 4 heterocycles. The molecule has 2 N–H and O–H groups in total. The van der Waals surface area contributed by atoms with Crippen LogP contribution in [0.25, 0.3) is 0 Å². The number of carbonyl (C=O) groups excluding carboxylic acids is 2. The first kappa shape index (κ1) is 27.0. The molecule has 1 aromatic heterocycles. The fourth-order valence-corrected chi connectivity index (χ4v) is 5.40. The molecule has 5 rings (SSSR count). The van der Waals surface area contributed by atoms with Gasteiger partial charge in [0.05, 0.1) is 11.3 Å². The number of nitrogens with one attached hydrogen (secondary N) is 2. The van der Waals surface area contributed by atoms with Crippen LogP contribution in [0.3, 0.4) is 0 Å². The van der Waals surface area contributed by atoms with Crippen LogP contribution in [0.15, 0.2) is 29.5 Å². The van der Waals surface area contributed by atoms with Crippen molar-refractivity contribution < 1.29 is 9.59 Å². The average molecular weight is 534 g/mol. The molecule has 1 fully saturated rings. The minimum Gasteiger partial charge on any atom is -0.370 e. The van der Waals surface area contributed by atoms with Gasteiger partial charge in [0.25, 0.3) is 0 Å². The standard InChI is InChI=1S/C28H39N9O2/c1-34-12-14-37(15-13-34)23-8-7-21-16-20(23)18-35(2)10-4-6-24(38)36(3)11-5-9-29-26-25-22(17-30-21)28(39)33-27(25)32-19-31-26/h7-8,16-17,19,22H,4-6,9-15,18H2,1-3H3,(H2,29,31,32,33,39). The van der Waals surface area contributed by atoms with E-state index < -0.39 is 5.92 Å². The van der Waals surface area contributed by atoms with Crippen molar-refractivity contribution in [1.82, 2.24) is 24.7 Å². The third-order valence-corrected chi connectivity index (χ3v) is 7.76. The Balaban J connectivity index is 1.47. The number of piperazine rings is 1. The number of benzene rings is 1. The highest BCUT2D eigenvalue weighted by molar-refractivity contribution is 6.13. The Morgan fingerprint density at radius 3 is 2.51 bits per heavy atom. The monoisotopic (exact) mass is 533 g/mol. The molecular weight excluding hydrogens is 494 g/mol. The van der Waals surface area contributed by atoms with Gasteiger partial charge in [-0.15, -0.1) is 0 Å². The second-order valence-electron chi connectivity index (χ2n) is 10.8. The van der Waals surface area contributed by atoms with Crippen LogP contribution in [0.5, 0.6) is 0 Å². The van der Waals surface area contributed by atoms with Crippen LogP contribution in [-0.2, 0) is 16.1 Å². The van der Waals surface area contributed by atoms with Crippen molar-refractivity contribution in [3.05, 3.63) is 35.7 Å². The van der Waals surface area contributed by atoms with Crippen molar-refractivity contribution in [3.8, 4) is 0 Å². The fourth-order valence-electron chi connectivity index (χ4n) is 5.40. The highest BCUT2D eigenvalue weighted by Crippen LogP contribution is 2.35. The van der Waals surface area contributed by atoms with Gasteiger partial charge in [-0.2, -0.15) is 0 Å². The molecular formula is C28H39N9O2. The normalized spacial score (nSPS) is 22.0. The second-order valence-corrected chi connectivity index (χ2v) is 10.8. The molecule has 11 nitrogen and oxygen atoms in total. The molecule has 208 valence electrons. The molecule has 39 heavy (non-hydrogen) atoms.